The summed E-state index contributed by atoms with van der Waals surface area (Å²) in [6.45, 7) is 7.05. The lowest BCUT2D eigenvalue weighted by atomic mass is 9.78. The number of benzene rings is 1. The Balaban J connectivity index is 1.68. The Morgan fingerprint density at radius 2 is 2.00 bits per heavy atom. The van der Waals surface area contributed by atoms with E-state index in [1.165, 1.54) is 50.6 Å². The lowest BCUT2D eigenvalue weighted by molar-refractivity contribution is 0.224. The third-order valence-corrected chi connectivity index (χ3v) is 4.78. The van der Waals surface area contributed by atoms with E-state index >= 15 is 0 Å². The van der Waals surface area contributed by atoms with E-state index in [1.54, 1.807) is 0 Å². The SMILES string of the molecule is CC(C)CC1(CNCCCc2cccc(N)c2)CCCC1. The number of nitrogens with one attached hydrogen (secondary N) is 1. The monoisotopic (exact) mass is 288 g/mol. The predicted molar refractivity (Wildman–Crippen MR) is 92.4 cm³/mol. The molecule has 0 spiro atoms. The molecule has 2 nitrogen and oxygen atoms in total. The van der Waals surface area contributed by atoms with Crippen molar-refractivity contribution < 1.29 is 0 Å². The Labute approximate surface area is 130 Å². The maximum Gasteiger partial charge on any atom is 0.0316 e. The Hall–Kier alpha value is -1.02. The fourth-order valence-electron chi connectivity index (χ4n) is 3.96. The number of aryl methyl sites for hydroxylation is 1. The van der Waals surface area contributed by atoms with Crippen molar-refractivity contribution in [3.63, 3.8) is 0 Å². The van der Waals surface area contributed by atoms with Gasteiger partial charge in [-0.05, 0) is 67.7 Å². The average Bonchev–Trinajstić information content (AvgIpc) is 2.86. The van der Waals surface area contributed by atoms with Crippen LogP contribution in [0.4, 0.5) is 5.69 Å². The van der Waals surface area contributed by atoms with Gasteiger partial charge in [-0.15, -0.1) is 0 Å². The van der Waals surface area contributed by atoms with Crippen molar-refractivity contribution in [3.05, 3.63) is 29.8 Å². The number of hydrogen-bond acceptors (Lipinski definition) is 2. The van der Waals surface area contributed by atoms with Crippen molar-refractivity contribution in [2.75, 3.05) is 18.8 Å². The van der Waals surface area contributed by atoms with Gasteiger partial charge < -0.3 is 11.1 Å². The summed E-state index contributed by atoms with van der Waals surface area (Å²) in [4.78, 5) is 0. The highest BCUT2D eigenvalue weighted by Crippen LogP contribution is 2.42. The van der Waals surface area contributed by atoms with Crippen LogP contribution in [0.25, 0.3) is 0 Å². The van der Waals surface area contributed by atoms with Gasteiger partial charge in [0.25, 0.3) is 0 Å². The molecule has 0 unspecified atom stereocenters. The molecule has 0 aliphatic heterocycles. The second-order valence-electron chi connectivity index (χ2n) is 7.33. The molecule has 21 heavy (non-hydrogen) atoms. The lowest BCUT2D eigenvalue weighted by Gasteiger charge is -2.31. The first-order valence-electron chi connectivity index (χ1n) is 8.65. The summed E-state index contributed by atoms with van der Waals surface area (Å²) in [6.07, 6.45) is 9.40. The summed E-state index contributed by atoms with van der Waals surface area (Å²) >= 11 is 0. The fraction of sp³-hybridized carbons (Fsp3) is 0.684. The molecule has 1 aromatic carbocycles. The third-order valence-electron chi connectivity index (χ3n) is 4.78. The highest BCUT2D eigenvalue weighted by molar-refractivity contribution is 5.40. The zero-order valence-electron chi connectivity index (χ0n) is 13.8. The lowest BCUT2D eigenvalue weighted by Crippen LogP contribution is -2.34. The van der Waals surface area contributed by atoms with E-state index in [-0.39, 0.29) is 0 Å². The third kappa shape index (κ3) is 5.35. The quantitative estimate of drug-likeness (QED) is 0.549. The summed E-state index contributed by atoms with van der Waals surface area (Å²) in [6, 6.07) is 8.27. The van der Waals surface area contributed by atoms with Crippen LogP contribution >= 0.6 is 0 Å². The molecule has 0 radical (unpaired) electrons. The van der Waals surface area contributed by atoms with Crippen LogP contribution in [-0.4, -0.2) is 13.1 Å². The smallest absolute Gasteiger partial charge is 0.0316 e. The molecule has 0 bridgehead atoms. The molecule has 0 amide bonds. The van der Waals surface area contributed by atoms with Crippen LogP contribution in [0.3, 0.4) is 0 Å². The van der Waals surface area contributed by atoms with Crippen LogP contribution in [0.5, 0.6) is 0 Å². The van der Waals surface area contributed by atoms with Gasteiger partial charge in [-0.25, -0.2) is 0 Å². The molecule has 1 fully saturated rings. The molecule has 1 aliphatic carbocycles. The van der Waals surface area contributed by atoms with Gasteiger partial charge in [-0.1, -0.05) is 38.8 Å². The molecule has 1 aliphatic rings. The minimum Gasteiger partial charge on any atom is -0.399 e. The number of nitrogens with two attached hydrogens (primary N) is 1. The largest absolute Gasteiger partial charge is 0.399 e. The molecule has 0 aromatic heterocycles. The molecule has 0 heterocycles. The number of nitrogen functional groups attached to an aromatic ring is 1. The predicted octanol–water partition coefficient (Wildman–Crippen LogP) is 4.40. The molecule has 2 heteroatoms. The molecule has 1 saturated carbocycles. The summed E-state index contributed by atoms with van der Waals surface area (Å²) in [7, 11) is 0. The fourth-order valence-corrected chi connectivity index (χ4v) is 3.96. The minimum absolute atomic E-state index is 0.589. The summed E-state index contributed by atoms with van der Waals surface area (Å²) in [5.41, 5.74) is 8.64. The highest BCUT2D eigenvalue weighted by atomic mass is 14.9. The Morgan fingerprint density at radius 3 is 2.67 bits per heavy atom. The highest BCUT2D eigenvalue weighted by Gasteiger charge is 2.33. The zero-order chi connectivity index (χ0) is 15.1. The van der Waals surface area contributed by atoms with E-state index in [9.17, 15) is 0 Å². The van der Waals surface area contributed by atoms with E-state index in [1.807, 2.05) is 12.1 Å². The maximum absolute atomic E-state index is 5.82. The van der Waals surface area contributed by atoms with Crippen molar-refractivity contribution in [1.82, 2.24) is 5.32 Å². The Morgan fingerprint density at radius 1 is 1.24 bits per heavy atom. The number of rotatable bonds is 8. The van der Waals surface area contributed by atoms with E-state index in [0.29, 0.717) is 5.41 Å². The summed E-state index contributed by atoms with van der Waals surface area (Å²) in [5.74, 6) is 0.817. The summed E-state index contributed by atoms with van der Waals surface area (Å²) in [5, 5.41) is 3.73. The molecular weight excluding hydrogens is 256 g/mol. The van der Waals surface area contributed by atoms with Gasteiger partial charge in [-0.2, -0.15) is 0 Å². The van der Waals surface area contributed by atoms with Crippen molar-refractivity contribution in [1.29, 1.82) is 0 Å². The molecule has 2 rings (SSSR count). The van der Waals surface area contributed by atoms with Crippen molar-refractivity contribution in [2.24, 2.45) is 11.3 Å². The molecule has 0 atom stereocenters. The van der Waals surface area contributed by atoms with Gasteiger partial charge in [0.2, 0.25) is 0 Å². The normalized spacial score (nSPS) is 17.5. The van der Waals surface area contributed by atoms with Crippen LogP contribution in [-0.2, 0) is 6.42 Å². The van der Waals surface area contributed by atoms with Crippen LogP contribution in [0.1, 0.15) is 57.9 Å². The first-order chi connectivity index (χ1) is 10.1. The molecule has 3 N–H and O–H groups in total. The minimum atomic E-state index is 0.589. The van der Waals surface area contributed by atoms with E-state index in [4.69, 9.17) is 5.73 Å². The van der Waals surface area contributed by atoms with Gasteiger partial charge in [0.05, 0.1) is 0 Å². The molecule has 118 valence electrons. The van der Waals surface area contributed by atoms with E-state index < -0.39 is 0 Å². The zero-order valence-corrected chi connectivity index (χ0v) is 13.8. The van der Waals surface area contributed by atoms with Gasteiger partial charge in [-0.3, -0.25) is 0 Å². The van der Waals surface area contributed by atoms with Crippen molar-refractivity contribution >= 4 is 5.69 Å². The number of hydrogen-bond donors (Lipinski definition) is 2. The van der Waals surface area contributed by atoms with E-state index in [2.05, 4.69) is 31.3 Å². The van der Waals surface area contributed by atoms with Crippen LogP contribution in [0.2, 0.25) is 0 Å². The van der Waals surface area contributed by atoms with Crippen LogP contribution in [0.15, 0.2) is 24.3 Å². The second kappa shape index (κ2) is 7.84. The topological polar surface area (TPSA) is 38.0 Å². The van der Waals surface area contributed by atoms with Crippen molar-refractivity contribution in [2.45, 2.75) is 58.8 Å². The maximum atomic E-state index is 5.82. The average molecular weight is 288 g/mol. The first-order valence-corrected chi connectivity index (χ1v) is 8.65. The molecule has 0 saturated heterocycles. The van der Waals surface area contributed by atoms with Crippen LogP contribution in [0, 0.1) is 11.3 Å². The Bertz CT molecular complexity index is 419. The van der Waals surface area contributed by atoms with Gasteiger partial charge in [0.15, 0.2) is 0 Å². The second-order valence-corrected chi connectivity index (χ2v) is 7.33. The van der Waals surface area contributed by atoms with Crippen LogP contribution < -0.4 is 11.1 Å². The van der Waals surface area contributed by atoms with Gasteiger partial charge in [0.1, 0.15) is 0 Å². The standard InChI is InChI=1S/C19H32N2/c1-16(2)14-19(10-3-4-11-19)15-21-12-6-8-17-7-5-9-18(20)13-17/h5,7,9,13,16,21H,3-4,6,8,10-12,14-15,20H2,1-2H3. The van der Waals surface area contributed by atoms with Gasteiger partial charge >= 0.3 is 0 Å². The van der Waals surface area contributed by atoms with E-state index in [0.717, 1.165) is 24.6 Å². The molecular formula is C19H32N2. The van der Waals surface area contributed by atoms with Crippen molar-refractivity contribution in [3.8, 4) is 0 Å². The molecule has 1 aromatic rings. The summed E-state index contributed by atoms with van der Waals surface area (Å²) < 4.78 is 0. The van der Waals surface area contributed by atoms with Gasteiger partial charge in [0, 0.05) is 12.2 Å². The number of anilines is 1. The Kier molecular flexibility index (Phi) is 6.10. The first kappa shape index (κ1) is 16.4.